The van der Waals surface area contributed by atoms with Gasteiger partial charge in [-0.15, -0.1) is 0 Å². The van der Waals surface area contributed by atoms with Crippen molar-refractivity contribution in [3.63, 3.8) is 0 Å². The molecule has 35 heavy (non-hydrogen) atoms. The Labute approximate surface area is 202 Å². The minimum absolute atomic E-state index is 0.0472. The molecule has 2 N–H and O–H groups in total. The van der Waals surface area contributed by atoms with Gasteiger partial charge in [0.15, 0.2) is 5.82 Å². The smallest absolute Gasteiger partial charge is 0.233 e. The fourth-order valence-corrected chi connectivity index (χ4v) is 4.22. The van der Waals surface area contributed by atoms with Crippen LogP contribution >= 0.6 is 0 Å². The van der Waals surface area contributed by atoms with Crippen LogP contribution < -0.4 is 20.3 Å². The second-order valence-corrected chi connectivity index (χ2v) is 8.41. The van der Waals surface area contributed by atoms with Crippen LogP contribution in [0.25, 0.3) is 11.3 Å². The van der Waals surface area contributed by atoms with Gasteiger partial charge in [0.1, 0.15) is 23.5 Å². The zero-order valence-corrected chi connectivity index (χ0v) is 19.6. The highest BCUT2D eigenvalue weighted by molar-refractivity contribution is 6.02. The number of benzene rings is 1. The van der Waals surface area contributed by atoms with Crippen LogP contribution in [0.1, 0.15) is 30.0 Å². The van der Waals surface area contributed by atoms with Gasteiger partial charge < -0.3 is 20.1 Å². The van der Waals surface area contributed by atoms with Crippen molar-refractivity contribution in [2.45, 2.75) is 26.0 Å². The lowest BCUT2D eigenvalue weighted by Gasteiger charge is -2.24. The Morgan fingerprint density at radius 3 is 2.71 bits per heavy atom. The maximum Gasteiger partial charge on any atom is 0.233 e. The van der Waals surface area contributed by atoms with Crippen LogP contribution in [0.3, 0.4) is 0 Å². The summed E-state index contributed by atoms with van der Waals surface area (Å²) in [7, 11) is 1.62. The van der Waals surface area contributed by atoms with Crippen LogP contribution in [0, 0.1) is 0 Å². The zero-order chi connectivity index (χ0) is 24.4. The van der Waals surface area contributed by atoms with Gasteiger partial charge in [-0.1, -0.05) is 12.1 Å². The number of pyridine rings is 1. The minimum Gasteiger partial charge on any atom is -0.497 e. The molecule has 2 aromatic heterocycles. The number of morpholine rings is 1. The molecule has 0 radical (unpaired) electrons. The van der Waals surface area contributed by atoms with E-state index < -0.39 is 0 Å². The molecule has 180 valence electrons. The van der Waals surface area contributed by atoms with Crippen molar-refractivity contribution >= 4 is 23.5 Å². The molecule has 1 aromatic carbocycles. The number of anilines is 2. The Balaban J connectivity index is 1.54. The van der Waals surface area contributed by atoms with Crippen LogP contribution in [-0.2, 0) is 27.3 Å². The average molecular weight is 475 g/mol. The number of hydrogen-bond acceptors (Lipinski definition) is 8. The van der Waals surface area contributed by atoms with Gasteiger partial charge in [0.05, 0.1) is 32.4 Å². The van der Waals surface area contributed by atoms with Crippen LogP contribution in [-0.4, -0.2) is 53.6 Å². The molecule has 4 heterocycles. The van der Waals surface area contributed by atoms with Crippen LogP contribution in [0.5, 0.6) is 5.75 Å². The fourth-order valence-electron chi connectivity index (χ4n) is 4.22. The SMILES string of the molecule is COc1ccc(CN2C(=O)Cc3c(-c4ccc(NC(C)=O)nc4)nc(C4CNCCO4)nc32)cc1. The van der Waals surface area contributed by atoms with Crippen molar-refractivity contribution in [3.8, 4) is 17.0 Å². The van der Waals surface area contributed by atoms with Crippen LogP contribution in [0.15, 0.2) is 42.6 Å². The van der Waals surface area contributed by atoms with Crippen molar-refractivity contribution in [3.05, 3.63) is 59.5 Å². The first-order chi connectivity index (χ1) is 17.0. The van der Waals surface area contributed by atoms with Crippen LogP contribution in [0.4, 0.5) is 11.6 Å². The van der Waals surface area contributed by atoms with E-state index in [-0.39, 0.29) is 24.3 Å². The third-order valence-electron chi connectivity index (χ3n) is 5.94. The van der Waals surface area contributed by atoms with E-state index in [0.29, 0.717) is 42.9 Å². The lowest BCUT2D eigenvalue weighted by molar-refractivity contribution is -0.117. The van der Waals surface area contributed by atoms with Gasteiger partial charge in [0.25, 0.3) is 0 Å². The molecule has 0 aliphatic carbocycles. The Kier molecular flexibility index (Phi) is 6.39. The summed E-state index contributed by atoms with van der Waals surface area (Å²) in [6.07, 6.45) is 1.52. The number of carbonyl (C=O) groups excluding carboxylic acids is 2. The van der Waals surface area contributed by atoms with Gasteiger partial charge in [0.2, 0.25) is 11.8 Å². The quantitative estimate of drug-likeness (QED) is 0.559. The van der Waals surface area contributed by atoms with Gasteiger partial charge in [-0.05, 0) is 29.8 Å². The molecule has 1 atom stereocenters. The lowest BCUT2D eigenvalue weighted by Crippen LogP contribution is -2.34. The second kappa shape index (κ2) is 9.77. The fraction of sp³-hybridized carbons (Fsp3) is 0.320. The number of methoxy groups -OCH3 is 1. The van der Waals surface area contributed by atoms with Gasteiger partial charge in [-0.2, -0.15) is 0 Å². The molecule has 5 rings (SSSR count). The molecule has 1 fully saturated rings. The topological polar surface area (TPSA) is 119 Å². The van der Waals surface area contributed by atoms with E-state index in [4.69, 9.17) is 19.4 Å². The van der Waals surface area contributed by atoms with E-state index in [9.17, 15) is 9.59 Å². The average Bonchev–Trinajstić information content (AvgIpc) is 3.19. The summed E-state index contributed by atoms with van der Waals surface area (Å²) in [5.41, 5.74) is 3.10. The number of nitrogens with zero attached hydrogens (tertiary/aromatic N) is 4. The largest absolute Gasteiger partial charge is 0.497 e. The summed E-state index contributed by atoms with van der Waals surface area (Å²) in [6.45, 7) is 3.73. The molecule has 0 saturated carbocycles. The first-order valence-electron chi connectivity index (χ1n) is 11.4. The molecule has 0 spiro atoms. The first kappa shape index (κ1) is 22.9. The standard InChI is InChI=1S/C25H26N6O4/c1-15(32)28-21-8-5-17(12-27-21)23-19-11-22(33)31(14-16-3-6-18(34-2)7-4-16)25(19)30-24(29-23)20-13-26-9-10-35-20/h3-8,12,20,26H,9-11,13-14H2,1-2H3,(H,27,28,32). The minimum atomic E-state index is -0.321. The number of carbonyl (C=O) groups is 2. The van der Waals surface area contributed by atoms with E-state index in [0.717, 1.165) is 29.0 Å². The highest BCUT2D eigenvalue weighted by Gasteiger charge is 2.34. The van der Waals surface area contributed by atoms with Crippen LogP contribution in [0.2, 0.25) is 0 Å². The number of fused-ring (bicyclic) bond motifs is 1. The van der Waals surface area contributed by atoms with E-state index in [1.165, 1.54) is 6.92 Å². The van der Waals surface area contributed by atoms with Crippen molar-refractivity contribution in [1.82, 2.24) is 20.3 Å². The molecule has 2 amide bonds. The Bertz CT molecular complexity index is 1240. The number of hydrogen-bond donors (Lipinski definition) is 2. The predicted molar refractivity (Wildman–Crippen MR) is 129 cm³/mol. The molecule has 10 nitrogen and oxygen atoms in total. The number of aromatic nitrogens is 3. The predicted octanol–water partition coefficient (Wildman–Crippen LogP) is 2.26. The van der Waals surface area contributed by atoms with Crippen molar-refractivity contribution < 1.29 is 19.1 Å². The number of ether oxygens (including phenoxy) is 2. The Morgan fingerprint density at radius 1 is 1.23 bits per heavy atom. The number of nitrogens with one attached hydrogen (secondary N) is 2. The molecular formula is C25H26N6O4. The molecular weight excluding hydrogens is 448 g/mol. The molecule has 10 heteroatoms. The first-order valence-corrected chi connectivity index (χ1v) is 11.4. The highest BCUT2D eigenvalue weighted by Crippen LogP contribution is 2.37. The summed E-state index contributed by atoms with van der Waals surface area (Å²) in [5.74, 6) is 2.07. The number of rotatable bonds is 6. The summed E-state index contributed by atoms with van der Waals surface area (Å²) < 4.78 is 11.2. The van der Waals surface area contributed by atoms with E-state index in [1.807, 2.05) is 30.3 Å². The third-order valence-corrected chi connectivity index (χ3v) is 5.94. The Hall–Kier alpha value is -3.89. The van der Waals surface area contributed by atoms with E-state index in [2.05, 4.69) is 15.6 Å². The van der Waals surface area contributed by atoms with Gasteiger partial charge in [-0.25, -0.2) is 15.0 Å². The Morgan fingerprint density at radius 2 is 2.06 bits per heavy atom. The van der Waals surface area contributed by atoms with Gasteiger partial charge in [-0.3, -0.25) is 14.5 Å². The zero-order valence-electron chi connectivity index (χ0n) is 19.6. The highest BCUT2D eigenvalue weighted by atomic mass is 16.5. The molecule has 3 aromatic rings. The maximum atomic E-state index is 13.1. The van der Waals surface area contributed by atoms with Crippen molar-refractivity contribution in [2.75, 3.05) is 37.0 Å². The lowest BCUT2D eigenvalue weighted by atomic mass is 10.1. The molecule has 1 unspecified atom stereocenters. The molecule has 2 aliphatic heterocycles. The van der Waals surface area contributed by atoms with E-state index in [1.54, 1.807) is 24.3 Å². The number of amides is 2. The summed E-state index contributed by atoms with van der Waals surface area (Å²) in [5, 5.41) is 5.97. The summed E-state index contributed by atoms with van der Waals surface area (Å²) in [6, 6.07) is 11.2. The maximum absolute atomic E-state index is 13.1. The summed E-state index contributed by atoms with van der Waals surface area (Å²) in [4.78, 5) is 40.2. The third kappa shape index (κ3) is 4.84. The summed E-state index contributed by atoms with van der Waals surface area (Å²) >= 11 is 0. The van der Waals surface area contributed by atoms with Gasteiger partial charge in [0, 0.05) is 37.3 Å². The van der Waals surface area contributed by atoms with E-state index >= 15 is 0 Å². The molecule has 0 bridgehead atoms. The van der Waals surface area contributed by atoms with Crippen molar-refractivity contribution in [1.29, 1.82) is 0 Å². The molecule has 1 saturated heterocycles. The second-order valence-electron chi connectivity index (χ2n) is 8.41. The monoisotopic (exact) mass is 474 g/mol. The normalized spacial score (nSPS) is 17.3. The molecule has 2 aliphatic rings. The van der Waals surface area contributed by atoms with Crippen molar-refractivity contribution in [2.24, 2.45) is 0 Å². The van der Waals surface area contributed by atoms with Gasteiger partial charge >= 0.3 is 0 Å².